The van der Waals surface area contributed by atoms with E-state index in [0.717, 1.165) is 45.0 Å². The lowest BCUT2D eigenvalue weighted by atomic mass is 10.2. The van der Waals surface area contributed by atoms with Gasteiger partial charge in [-0.05, 0) is 56.3 Å². The van der Waals surface area contributed by atoms with Crippen LogP contribution in [0.5, 0.6) is 0 Å². The summed E-state index contributed by atoms with van der Waals surface area (Å²) >= 11 is 0. The Hall–Kier alpha value is -2.67. The highest BCUT2D eigenvalue weighted by Crippen LogP contribution is 2.23. The van der Waals surface area contributed by atoms with Gasteiger partial charge in [0.2, 0.25) is 0 Å². The molecular weight excluding hydrogens is 340 g/mol. The minimum absolute atomic E-state index is 0.0443. The molecule has 2 aromatic rings. The molecule has 2 fully saturated rings. The van der Waals surface area contributed by atoms with Crippen molar-refractivity contribution in [2.75, 3.05) is 56.5 Å². The molecule has 1 aromatic heterocycles. The van der Waals surface area contributed by atoms with Gasteiger partial charge in [-0.15, -0.1) is 10.2 Å². The van der Waals surface area contributed by atoms with Crippen LogP contribution in [-0.4, -0.2) is 72.2 Å². The van der Waals surface area contributed by atoms with Gasteiger partial charge in [-0.3, -0.25) is 4.79 Å². The van der Waals surface area contributed by atoms with Gasteiger partial charge in [-0.25, -0.2) is 0 Å². The van der Waals surface area contributed by atoms with Crippen molar-refractivity contribution in [1.82, 2.24) is 20.0 Å². The normalized spacial score (nSPS) is 18.0. The number of carbonyl (C=O) groups excluding carboxylic acids is 1. The van der Waals surface area contributed by atoms with Crippen molar-refractivity contribution >= 4 is 23.1 Å². The predicted octanol–water partition coefficient (Wildman–Crippen LogP) is 2.21. The Bertz CT molecular complexity index is 762. The van der Waals surface area contributed by atoms with Crippen molar-refractivity contribution in [3.63, 3.8) is 0 Å². The molecule has 142 valence electrons. The standard InChI is InChI=1S/C20H26N6O/c1-24-12-14-26(15-13-24)20(27)18-8-9-19(23-22-18)21-16-4-6-17(7-5-16)25-10-2-3-11-25/h4-9H,2-3,10-15H2,1H3,(H,21,23). The van der Waals surface area contributed by atoms with E-state index < -0.39 is 0 Å². The molecule has 4 rings (SSSR count). The predicted molar refractivity (Wildman–Crippen MR) is 107 cm³/mol. The Morgan fingerprint density at radius 1 is 0.889 bits per heavy atom. The van der Waals surface area contributed by atoms with Crippen LogP contribution >= 0.6 is 0 Å². The first-order chi connectivity index (χ1) is 13.2. The summed E-state index contributed by atoms with van der Waals surface area (Å²) in [7, 11) is 2.07. The number of nitrogens with one attached hydrogen (secondary N) is 1. The van der Waals surface area contributed by atoms with E-state index in [1.807, 2.05) is 11.0 Å². The Labute approximate surface area is 160 Å². The van der Waals surface area contributed by atoms with Crippen LogP contribution in [0.2, 0.25) is 0 Å². The molecule has 1 N–H and O–H groups in total. The number of amides is 1. The van der Waals surface area contributed by atoms with E-state index in [0.29, 0.717) is 11.5 Å². The third-order valence-corrected chi connectivity index (χ3v) is 5.29. The van der Waals surface area contributed by atoms with Gasteiger partial charge in [-0.2, -0.15) is 0 Å². The highest BCUT2D eigenvalue weighted by atomic mass is 16.2. The molecule has 7 nitrogen and oxygen atoms in total. The lowest BCUT2D eigenvalue weighted by Gasteiger charge is -2.32. The number of benzene rings is 1. The maximum absolute atomic E-state index is 12.5. The summed E-state index contributed by atoms with van der Waals surface area (Å²) in [4.78, 5) is 19.0. The second-order valence-electron chi connectivity index (χ2n) is 7.27. The van der Waals surface area contributed by atoms with Gasteiger partial charge >= 0.3 is 0 Å². The summed E-state index contributed by atoms with van der Waals surface area (Å²) < 4.78 is 0. The molecule has 3 heterocycles. The van der Waals surface area contributed by atoms with Crippen LogP contribution < -0.4 is 10.2 Å². The van der Waals surface area contributed by atoms with Crippen molar-refractivity contribution < 1.29 is 4.79 Å². The van der Waals surface area contributed by atoms with Gasteiger partial charge in [0, 0.05) is 50.6 Å². The summed E-state index contributed by atoms with van der Waals surface area (Å²) in [5.41, 5.74) is 2.62. The molecule has 1 amide bonds. The zero-order chi connectivity index (χ0) is 18.6. The number of hydrogen-bond acceptors (Lipinski definition) is 6. The summed E-state index contributed by atoms with van der Waals surface area (Å²) in [6.45, 7) is 5.54. The first kappa shape index (κ1) is 17.7. The molecule has 0 unspecified atom stereocenters. The van der Waals surface area contributed by atoms with Gasteiger partial charge in [0.25, 0.3) is 5.91 Å². The van der Waals surface area contributed by atoms with Gasteiger partial charge in [0.05, 0.1) is 0 Å². The van der Waals surface area contributed by atoms with Crippen molar-refractivity contribution in [2.24, 2.45) is 0 Å². The van der Waals surface area contributed by atoms with Crippen molar-refractivity contribution in [2.45, 2.75) is 12.8 Å². The van der Waals surface area contributed by atoms with Crippen molar-refractivity contribution in [1.29, 1.82) is 0 Å². The number of carbonyl (C=O) groups is 1. The van der Waals surface area contributed by atoms with Gasteiger partial charge in [0.1, 0.15) is 0 Å². The van der Waals surface area contributed by atoms with Crippen LogP contribution in [0.1, 0.15) is 23.3 Å². The SMILES string of the molecule is CN1CCN(C(=O)c2ccc(Nc3ccc(N4CCCC4)cc3)nn2)CC1. The number of aromatic nitrogens is 2. The van der Waals surface area contributed by atoms with E-state index in [2.05, 4.69) is 56.6 Å². The van der Waals surface area contributed by atoms with Crippen molar-refractivity contribution in [3.8, 4) is 0 Å². The van der Waals surface area contributed by atoms with Gasteiger partial charge in [0.15, 0.2) is 11.5 Å². The lowest BCUT2D eigenvalue weighted by molar-refractivity contribution is 0.0657. The zero-order valence-corrected chi connectivity index (χ0v) is 15.8. The van der Waals surface area contributed by atoms with Crippen LogP contribution in [0.3, 0.4) is 0 Å². The van der Waals surface area contributed by atoms with E-state index >= 15 is 0 Å². The monoisotopic (exact) mass is 366 g/mol. The van der Waals surface area contributed by atoms with Crippen LogP contribution in [0.25, 0.3) is 0 Å². The summed E-state index contributed by atoms with van der Waals surface area (Å²) in [6, 6.07) is 11.9. The topological polar surface area (TPSA) is 64.6 Å². The highest BCUT2D eigenvalue weighted by Gasteiger charge is 2.21. The molecular formula is C20H26N6O. The molecule has 0 bridgehead atoms. The maximum Gasteiger partial charge on any atom is 0.274 e. The third kappa shape index (κ3) is 4.19. The summed E-state index contributed by atoms with van der Waals surface area (Å²) in [6.07, 6.45) is 2.55. The molecule has 2 aliphatic heterocycles. The Balaban J connectivity index is 1.36. The minimum atomic E-state index is -0.0443. The van der Waals surface area contributed by atoms with Crippen LogP contribution in [0.15, 0.2) is 36.4 Å². The Morgan fingerprint density at radius 2 is 1.59 bits per heavy atom. The summed E-state index contributed by atoms with van der Waals surface area (Å²) in [5.74, 6) is 0.593. The molecule has 0 atom stereocenters. The number of nitrogens with zero attached hydrogens (tertiary/aromatic N) is 5. The lowest BCUT2D eigenvalue weighted by Crippen LogP contribution is -2.47. The van der Waals surface area contributed by atoms with E-state index in [-0.39, 0.29) is 5.91 Å². The molecule has 0 aliphatic carbocycles. The second kappa shape index (κ2) is 7.92. The van der Waals surface area contributed by atoms with E-state index in [1.165, 1.54) is 18.5 Å². The van der Waals surface area contributed by atoms with Gasteiger partial charge < -0.3 is 20.0 Å². The Morgan fingerprint density at radius 3 is 2.22 bits per heavy atom. The average Bonchev–Trinajstić information content (AvgIpc) is 3.24. The smallest absolute Gasteiger partial charge is 0.274 e. The number of rotatable bonds is 4. The quantitative estimate of drug-likeness (QED) is 0.895. The number of likely N-dealkylation sites (N-methyl/N-ethyl adjacent to an activating group) is 1. The van der Waals surface area contributed by atoms with E-state index in [9.17, 15) is 4.79 Å². The molecule has 0 radical (unpaired) electrons. The molecule has 1 aromatic carbocycles. The first-order valence-electron chi connectivity index (χ1n) is 9.63. The fourth-order valence-electron chi connectivity index (χ4n) is 3.56. The molecule has 2 aliphatic rings. The average molecular weight is 366 g/mol. The second-order valence-corrected chi connectivity index (χ2v) is 7.27. The first-order valence-corrected chi connectivity index (χ1v) is 9.63. The number of anilines is 3. The molecule has 0 spiro atoms. The van der Waals surface area contributed by atoms with E-state index in [1.54, 1.807) is 6.07 Å². The van der Waals surface area contributed by atoms with Crippen LogP contribution in [0.4, 0.5) is 17.2 Å². The highest BCUT2D eigenvalue weighted by molar-refractivity contribution is 5.92. The Kier molecular flexibility index (Phi) is 5.20. The van der Waals surface area contributed by atoms with E-state index in [4.69, 9.17) is 0 Å². The molecule has 27 heavy (non-hydrogen) atoms. The van der Waals surface area contributed by atoms with Crippen LogP contribution in [-0.2, 0) is 0 Å². The van der Waals surface area contributed by atoms with Gasteiger partial charge in [-0.1, -0.05) is 0 Å². The molecule has 2 saturated heterocycles. The molecule has 0 saturated carbocycles. The third-order valence-electron chi connectivity index (χ3n) is 5.29. The number of hydrogen-bond donors (Lipinski definition) is 1. The molecule has 7 heteroatoms. The van der Waals surface area contributed by atoms with Crippen LogP contribution in [0, 0.1) is 0 Å². The number of piperazine rings is 1. The minimum Gasteiger partial charge on any atom is -0.372 e. The maximum atomic E-state index is 12.5. The zero-order valence-electron chi connectivity index (χ0n) is 15.8. The fourth-order valence-corrected chi connectivity index (χ4v) is 3.56. The largest absolute Gasteiger partial charge is 0.372 e. The van der Waals surface area contributed by atoms with Crippen molar-refractivity contribution in [3.05, 3.63) is 42.1 Å². The fraction of sp³-hybridized carbons (Fsp3) is 0.450. The summed E-state index contributed by atoms with van der Waals surface area (Å²) in [5, 5.41) is 11.5.